The van der Waals surface area contributed by atoms with E-state index in [0.29, 0.717) is 6.61 Å². The summed E-state index contributed by atoms with van der Waals surface area (Å²) in [5.41, 5.74) is 0.894. The number of aliphatic hydroxyl groups is 1. The number of hydrogen-bond donors (Lipinski definition) is 1. The third-order valence-corrected chi connectivity index (χ3v) is 4.73. The molecule has 0 unspecified atom stereocenters. The van der Waals surface area contributed by atoms with Gasteiger partial charge >= 0.3 is 0 Å². The maximum absolute atomic E-state index is 10.4. The molecule has 0 amide bonds. The summed E-state index contributed by atoms with van der Waals surface area (Å²) in [6.07, 6.45) is -1.20. The van der Waals surface area contributed by atoms with Crippen molar-refractivity contribution in [3.8, 4) is 0 Å². The Kier molecular flexibility index (Phi) is 3.81. The monoisotopic (exact) mass is 296 g/mol. The normalized spacial score (nSPS) is 35.8. The molecule has 0 spiro atoms. The lowest BCUT2D eigenvalue weighted by atomic mass is 10.1. The first-order chi connectivity index (χ1) is 9.44. The summed E-state index contributed by atoms with van der Waals surface area (Å²) in [7, 11) is 0. The van der Waals surface area contributed by atoms with Gasteiger partial charge in [-0.2, -0.15) is 0 Å². The minimum absolute atomic E-state index is 0.185. The van der Waals surface area contributed by atoms with Crippen LogP contribution in [0.25, 0.3) is 0 Å². The maximum Gasteiger partial charge on any atom is 0.164 e. The number of thioether (sulfide) groups is 1. The van der Waals surface area contributed by atoms with Gasteiger partial charge in [-0.1, -0.05) is 29.5 Å². The van der Waals surface area contributed by atoms with Crippen LogP contribution in [-0.4, -0.2) is 41.2 Å². The van der Waals surface area contributed by atoms with Gasteiger partial charge in [0.25, 0.3) is 0 Å². The molecule has 20 heavy (non-hydrogen) atoms. The second-order valence-electron chi connectivity index (χ2n) is 5.76. The van der Waals surface area contributed by atoms with Crippen LogP contribution in [0.15, 0.2) is 29.2 Å². The van der Waals surface area contributed by atoms with Gasteiger partial charge < -0.3 is 19.3 Å². The standard InChI is InChI=1S/C15H20O4S/c1-9-4-6-10(7-5-9)20-14-12(16)13-11(8-17-14)18-15(2,3)19-13/h4-7,11-14,16H,8H2,1-3H3/t11-,12+,13-,14-/m0/s1. The van der Waals surface area contributed by atoms with E-state index in [0.717, 1.165) is 4.90 Å². The molecule has 4 nitrogen and oxygen atoms in total. The number of rotatable bonds is 2. The molecule has 1 aromatic rings. The van der Waals surface area contributed by atoms with E-state index in [2.05, 4.69) is 19.1 Å². The average molecular weight is 296 g/mol. The first-order valence-corrected chi connectivity index (χ1v) is 7.71. The van der Waals surface area contributed by atoms with Crippen LogP contribution in [0.4, 0.5) is 0 Å². The Morgan fingerprint density at radius 1 is 1.20 bits per heavy atom. The summed E-state index contributed by atoms with van der Waals surface area (Å²) >= 11 is 1.52. The smallest absolute Gasteiger partial charge is 0.164 e. The SMILES string of the molecule is Cc1ccc(S[C@@H]2OC[C@@H]3OC(C)(C)O[C@@H]3[C@H]2O)cc1. The Morgan fingerprint density at radius 2 is 1.90 bits per heavy atom. The molecule has 0 saturated carbocycles. The van der Waals surface area contributed by atoms with Crippen molar-refractivity contribution in [2.24, 2.45) is 0 Å². The van der Waals surface area contributed by atoms with Crippen LogP contribution in [-0.2, 0) is 14.2 Å². The number of aryl methyl sites for hydroxylation is 1. The highest BCUT2D eigenvalue weighted by Crippen LogP contribution is 2.38. The number of hydrogen-bond acceptors (Lipinski definition) is 5. The topological polar surface area (TPSA) is 47.9 Å². The van der Waals surface area contributed by atoms with Crippen molar-refractivity contribution in [1.29, 1.82) is 0 Å². The molecule has 0 bridgehead atoms. The Labute approximate surface area is 123 Å². The van der Waals surface area contributed by atoms with Crippen LogP contribution in [0.5, 0.6) is 0 Å². The van der Waals surface area contributed by atoms with Crippen molar-refractivity contribution in [3.05, 3.63) is 29.8 Å². The van der Waals surface area contributed by atoms with E-state index in [-0.39, 0.29) is 17.6 Å². The van der Waals surface area contributed by atoms with Crippen LogP contribution in [0.2, 0.25) is 0 Å². The molecule has 5 heteroatoms. The first kappa shape index (κ1) is 14.4. The van der Waals surface area contributed by atoms with Crippen LogP contribution in [0.3, 0.4) is 0 Å². The highest BCUT2D eigenvalue weighted by atomic mass is 32.2. The zero-order valence-corrected chi connectivity index (χ0v) is 12.7. The first-order valence-electron chi connectivity index (χ1n) is 6.83. The molecule has 4 atom stereocenters. The van der Waals surface area contributed by atoms with Crippen molar-refractivity contribution >= 4 is 11.8 Å². The van der Waals surface area contributed by atoms with E-state index in [1.807, 2.05) is 26.0 Å². The fourth-order valence-electron chi connectivity index (χ4n) is 2.58. The van der Waals surface area contributed by atoms with Gasteiger partial charge in [0.2, 0.25) is 0 Å². The lowest BCUT2D eigenvalue weighted by molar-refractivity contribution is -0.153. The summed E-state index contributed by atoms with van der Waals surface area (Å²) in [5.74, 6) is -0.650. The van der Waals surface area contributed by atoms with E-state index >= 15 is 0 Å². The molecule has 2 aliphatic heterocycles. The van der Waals surface area contributed by atoms with Crippen molar-refractivity contribution in [2.45, 2.75) is 55.2 Å². The van der Waals surface area contributed by atoms with Crippen molar-refractivity contribution in [2.75, 3.05) is 6.61 Å². The van der Waals surface area contributed by atoms with E-state index < -0.39 is 11.9 Å². The highest BCUT2D eigenvalue weighted by Gasteiger charge is 2.50. The van der Waals surface area contributed by atoms with Gasteiger partial charge in [0, 0.05) is 4.90 Å². The molecule has 2 saturated heterocycles. The quantitative estimate of drug-likeness (QED) is 0.907. The lowest BCUT2D eigenvalue weighted by Gasteiger charge is -2.34. The number of benzene rings is 1. The molecule has 3 rings (SSSR count). The second kappa shape index (κ2) is 5.31. The van der Waals surface area contributed by atoms with Gasteiger partial charge in [0.15, 0.2) is 5.79 Å². The second-order valence-corrected chi connectivity index (χ2v) is 6.93. The zero-order chi connectivity index (χ0) is 14.3. The Hall–Kier alpha value is -0.590. The molecular formula is C15H20O4S. The molecule has 2 fully saturated rings. The summed E-state index contributed by atoms with van der Waals surface area (Å²) in [5, 5.41) is 10.4. The third-order valence-electron chi connectivity index (χ3n) is 3.53. The van der Waals surface area contributed by atoms with E-state index in [4.69, 9.17) is 14.2 Å². The predicted molar refractivity (Wildman–Crippen MR) is 76.6 cm³/mol. The molecule has 1 aromatic carbocycles. The van der Waals surface area contributed by atoms with Crippen LogP contribution < -0.4 is 0 Å². The van der Waals surface area contributed by atoms with E-state index in [1.165, 1.54) is 17.3 Å². The fourth-order valence-corrected chi connectivity index (χ4v) is 3.58. The number of ether oxygens (including phenoxy) is 3. The molecule has 2 heterocycles. The predicted octanol–water partition coefficient (Wildman–Crippen LogP) is 2.32. The Balaban J connectivity index is 1.68. The largest absolute Gasteiger partial charge is 0.387 e. The summed E-state index contributed by atoms with van der Waals surface area (Å²) in [6, 6.07) is 8.19. The minimum Gasteiger partial charge on any atom is -0.387 e. The van der Waals surface area contributed by atoms with Crippen molar-refractivity contribution in [3.63, 3.8) is 0 Å². The molecule has 0 radical (unpaired) electrons. The van der Waals surface area contributed by atoms with Crippen LogP contribution >= 0.6 is 11.8 Å². The zero-order valence-electron chi connectivity index (χ0n) is 11.9. The minimum atomic E-state index is -0.693. The lowest BCUT2D eigenvalue weighted by Crippen LogP contribution is -2.50. The fraction of sp³-hybridized carbons (Fsp3) is 0.600. The average Bonchev–Trinajstić information content (AvgIpc) is 2.71. The molecule has 0 aromatic heterocycles. The van der Waals surface area contributed by atoms with Crippen LogP contribution in [0.1, 0.15) is 19.4 Å². The number of aliphatic hydroxyl groups excluding tert-OH is 1. The van der Waals surface area contributed by atoms with Crippen LogP contribution in [0, 0.1) is 6.92 Å². The third kappa shape index (κ3) is 2.87. The van der Waals surface area contributed by atoms with Gasteiger partial charge in [0.1, 0.15) is 23.7 Å². The molecule has 2 aliphatic rings. The molecule has 110 valence electrons. The van der Waals surface area contributed by atoms with Gasteiger partial charge in [0.05, 0.1) is 6.61 Å². The molecule has 0 aliphatic carbocycles. The van der Waals surface area contributed by atoms with E-state index in [1.54, 1.807) is 0 Å². The highest BCUT2D eigenvalue weighted by molar-refractivity contribution is 7.99. The Bertz CT molecular complexity index is 473. The van der Waals surface area contributed by atoms with Gasteiger partial charge in [-0.3, -0.25) is 0 Å². The molecule has 1 N–H and O–H groups in total. The summed E-state index contributed by atoms with van der Waals surface area (Å²) < 4.78 is 17.2. The van der Waals surface area contributed by atoms with Crippen molar-refractivity contribution in [1.82, 2.24) is 0 Å². The van der Waals surface area contributed by atoms with Gasteiger partial charge in [-0.25, -0.2) is 0 Å². The molecular weight excluding hydrogens is 276 g/mol. The Morgan fingerprint density at radius 3 is 2.60 bits per heavy atom. The summed E-state index contributed by atoms with van der Waals surface area (Å²) in [4.78, 5) is 1.08. The summed E-state index contributed by atoms with van der Waals surface area (Å²) in [6.45, 7) is 6.23. The van der Waals surface area contributed by atoms with Gasteiger partial charge in [-0.05, 0) is 32.9 Å². The number of fused-ring (bicyclic) bond motifs is 1. The van der Waals surface area contributed by atoms with Gasteiger partial charge in [-0.15, -0.1) is 0 Å². The van der Waals surface area contributed by atoms with Crippen molar-refractivity contribution < 1.29 is 19.3 Å². The van der Waals surface area contributed by atoms with E-state index in [9.17, 15) is 5.11 Å². The maximum atomic E-state index is 10.4.